The van der Waals surface area contributed by atoms with Crippen molar-refractivity contribution < 1.29 is 9.53 Å². The first-order valence-corrected chi connectivity index (χ1v) is 10.7. The summed E-state index contributed by atoms with van der Waals surface area (Å²) in [4.78, 5) is 27.1. The minimum atomic E-state index is -0.114. The van der Waals surface area contributed by atoms with Crippen molar-refractivity contribution in [2.24, 2.45) is 4.99 Å². The molecule has 0 saturated carbocycles. The summed E-state index contributed by atoms with van der Waals surface area (Å²) in [7, 11) is 0. The van der Waals surface area contributed by atoms with E-state index in [1.807, 2.05) is 54.6 Å². The Balaban J connectivity index is 1.68. The average molecular weight is 443 g/mol. The maximum atomic E-state index is 12.1. The highest BCUT2D eigenvalue weighted by molar-refractivity contribution is 6.17. The van der Waals surface area contributed by atoms with Crippen LogP contribution in [0.15, 0.2) is 78.6 Å². The Labute approximate surface area is 192 Å². The summed E-state index contributed by atoms with van der Waals surface area (Å²) in [6.45, 7) is 4.78. The van der Waals surface area contributed by atoms with Gasteiger partial charge in [-0.15, -0.1) is 0 Å². The van der Waals surface area contributed by atoms with Gasteiger partial charge in [0.1, 0.15) is 29.5 Å². The predicted octanol–water partition coefficient (Wildman–Crippen LogP) is 3.45. The highest BCUT2D eigenvalue weighted by Gasteiger charge is 2.24. The maximum absolute atomic E-state index is 12.1. The lowest BCUT2D eigenvalue weighted by atomic mass is 10.0. The number of anilines is 2. The van der Waals surface area contributed by atoms with E-state index in [9.17, 15) is 4.79 Å². The number of rotatable bonds is 6. The number of benzene rings is 2. The first kappa shape index (κ1) is 22.0. The fourth-order valence-corrected chi connectivity index (χ4v) is 3.82. The molecule has 0 aliphatic carbocycles. The van der Waals surface area contributed by atoms with Gasteiger partial charge < -0.3 is 21.1 Å². The number of aliphatic imine (C=N–C) groups is 1. The van der Waals surface area contributed by atoms with E-state index in [1.165, 1.54) is 12.4 Å². The largest absolute Gasteiger partial charge is 0.457 e. The van der Waals surface area contributed by atoms with E-state index in [4.69, 9.17) is 21.2 Å². The molecule has 2 heterocycles. The number of hydrogen-bond donors (Lipinski definition) is 2. The zero-order valence-corrected chi connectivity index (χ0v) is 18.2. The number of piperidine rings is 1. The molecule has 4 rings (SSSR count). The van der Waals surface area contributed by atoms with Gasteiger partial charge in [0, 0.05) is 18.7 Å². The second-order valence-electron chi connectivity index (χ2n) is 7.72. The van der Waals surface area contributed by atoms with E-state index in [0.717, 1.165) is 24.2 Å². The maximum Gasteiger partial charge on any atom is 0.246 e. The van der Waals surface area contributed by atoms with Crippen LogP contribution in [0.25, 0.3) is 0 Å². The first-order chi connectivity index (χ1) is 16.0. The van der Waals surface area contributed by atoms with E-state index in [-0.39, 0.29) is 23.6 Å². The van der Waals surface area contributed by atoms with Gasteiger partial charge >= 0.3 is 0 Å². The third-order valence-electron chi connectivity index (χ3n) is 5.44. The number of amides is 1. The van der Waals surface area contributed by atoms with Crippen molar-refractivity contribution >= 4 is 23.3 Å². The molecule has 0 unspecified atom stereocenters. The van der Waals surface area contributed by atoms with Crippen molar-refractivity contribution in [3.8, 4) is 11.5 Å². The van der Waals surface area contributed by atoms with Crippen molar-refractivity contribution in [2.75, 3.05) is 24.6 Å². The van der Waals surface area contributed by atoms with Crippen molar-refractivity contribution in [3.05, 3.63) is 84.7 Å². The van der Waals surface area contributed by atoms with Crippen LogP contribution in [0.5, 0.6) is 11.5 Å². The summed E-state index contributed by atoms with van der Waals surface area (Å²) in [5, 5.41) is 0. The lowest BCUT2D eigenvalue weighted by Gasteiger charge is -2.30. The zero-order valence-electron chi connectivity index (χ0n) is 18.2. The molecular formula is C25H26N6O2. The number of aromatic nitrogens is 2. The van der Waals surface area contributed by atoms with Crippen molar-refractivity contribution in [3.63, 3.8) is 0 Å². The minimum absolute atomic E-state index is 0.0964. The highest BCUT2D eigenvalue weighted by atomic mass is 16.5. The number of carbonyl (C=O) groups excluding carboxylic acids is 1. The highest BCUT2D eigenvalue weighted by Crippen LogP contribution is 2.26. The van der Waals surface area contributed by atoms with E-state index in [2.05, 4.69) is 16.5 Å². The summed E-state index contributed by atoms with van der Waals surface area (Å²) < 4.78 is 5.90. The van der Waals surface area contributed by atoms with Gasteiger partial charge in [0.2, 0.25) is 5.91 Å². The second-order valence-corrected chi connectivity index (χ2v) is 7.72. The summed E-state index contributed by atoms with van der Waals surface area (Å²) in [6, 6.07) is 17.0. The molecule has 1 aliphatic heterocycles. The molecule has 1 aromatic heterocycles. The van der Waals surface area contributed by atoms with E-state index in [1.54, 1.807) is 4.90 Å². The van der Waals surface area contributed by atoms with Gasteiger partial charge in [-0.05, 0) is 55.3 Å². The van der Waals surface area contributed by atoms with Crippen LogP contribution in [0.3, 0.4) is 0 Å². The topological polar surface area (TPSA) is 120 Å². The van der Waals surface area contributed by atoms with Crippen LogP contribution in [0.4, 0.5) is 11.6 Å². The standard InChI is InChI=1S/C25H26N6O2/c1-2-21(32)31-14-6-7-18(15-31)30-23(22-24(26)28-16-29-25(22)27)17-10-12-20(13-11-17)33-19-8-4-3-5-9-19/h2-5,8-13,16,18H,1,6-7,14-15H2,(H4,26,27,28,29)/t18-/m1/s1. The number of hydrogen-bond acceptors (Lipinski definition) is 7. The third kappa shape index (κ3) is 5.17. The Morgan fingerprint density at radius 3 is 2.39 bits per heavy atom. The number of nitrogen functional groups attached to an aromatic ring is 2. The molecule has 8 nitrogen and oxygen atoms in total. The molecule has 3 aromatic rings. The molecule has 4 N–H and O–H groups in total. The SMILES string of the molecule is C=CC(=O)N1CCC[C@@H](N=C(c2ccc(Oc3ccccc3)cc2)c2c(N)ncnc2N)C1. The van der Waals surface area contributed by atoms with Crippen molar-refractivity contribution in [1.29, 1.82) is 0 Å². The lowest BCUT2D eigenvalue weighted by molar-refractivity contribution is -0.127. The number of nitrogens with zero attached hydrogens (tertiary/aromatic N) is 4. The summed E-state index contributed by atoms with van der Waals surface area (Å²) in [5.74, 6) is 1.84. The van der Waals surface area contributed by atoms with Gasteiger partial charge in [-0.3, -0.25) is 9.79 Å². The van der Waals surface area contributed by atoms with Gasteiger partial charge in [0.05, 0.1) is 17.3 Å². The van der Waals surface area contributed by atoms with Gasteiger partial charge in [-0.2, -0.15) is 0 Å². The van der Waals surface area contributed by atoms with Crippen LogP contribution in [0, 0.1) is 0 Å². The zero-order chi connectivity index (χ0) is 23.2. The molecule has 0 radical (unpaired) electrons. The monoisotopic (exact) mass is 442 g/mol. The average Bonchev–Trinajstić information content (AvgIpc) is 2.84. The van der Waals surface area contributed by atoms with Gasteiger partial charge in [-0.25, -0.2) is 9.97 Å². The summed E-state index contributed by atoms with van der Waals surface area (Å²) >= 11 is 0. The smallest absolute Gasteiger partial charge is 0.246 e. The lowest BCUT2D eigenvalue weighted by Crippen LogP contribution is -2.41. The minimum Gasteiger partial charge on any atom is -0.457 e. The fraction of sp³-hybridized carbons (Fsp3) is 0.200. The summed E-state index contributed by atoms with van der Waals surface area (Å²) in [5.41, 5.74) is 14.2. The van der Waals surface area contributed by atoms with Crippen molar-refractivity contribution in [1.82, 2.24) is 14.9 Å². The van der Waals surface area contributed by atoms with Gasteiger partial charge in [0.25, 0.3) is 0 Å². The Hall–Kier alpha value is -4.20. The third-order valence-corrected chi connectivity index (χ3v) is 5.44. The number of para-hydroxylation sites is 1. The van der Waals surface area contributed by atoms with Crippen LogP contribution in [0.1, 0.15) is 24.0 Å². The van der Waals surface area contributed by atoms with E-state index in [0.29, 0.717) is 30.1 Å². The first-order valence-electron chi connectivity index (χ1n) is 10.7. The number of carbonyl (C=O) groups is 1. The van der Waals surface area contributed by atoms with Crippen molar-refractivity contribution in [2.45, 2.75) is 18.9 Å². The molecule has 1 saturated heterocycles. The van der Waals surface area contributed by atoms with Crippen LogP contribution in [0.2, 0.25) is 0 Å². The van der Waals surface area contributed by atoms with Crippen LogP contribution >= 0.6 is 0 Å². The molecule has 33 heavy (non-hydrogen) atoms. The Bertz CT molecular complexity index is 1140. The molecular weight excluding hydrogens is 416 g/mol. The van der Waals surface area contributed by atoms with E-state index < -0.39 is 0 Å². The molecule has 2 aromatic carbocycles. The predicted molar refractivity (Wildman–Crippen MR) is 129 cm³/mol. The normalized spacial score (nSPS) is 16.3. The molecule has 1 amide bonds. The Kier molecular flexibility index (Phi) is 6.64. The van der Waals surface area contributed by atoms with Gasteiger partial charge in [0.15, 0.2) is 0 Å². The molecule has 1 fully saturated rings. The number of nitrogens with two attached hydrogens (primary N) is 2. The van der Waals surface area contributed by atoms with Gasteiger partial charge in [-0.1, -0.05) is 24.8 Å². The molecule has 168 valence electrons. The molecule has 1 aliphatic rings. The fourth-order valence-electron chi connectivity index (χ4n) is 3.82. The van der Waals surface area contributed by atoms with Crippen LogP contribution < -0.4 is 16.2 Å². The van der Waals surface area contributed by atoms with E-state index >= 15 is 0 Å². The molecule has 1 atom stereocenters. The quantitative estimate of drug-likeness (QED) is 0.446. The number of ether oxygens (including phenoxy) is 1. The van der Waals surface area contributed by atoms with Crippen LogP contribution in [-0.4, -0.2) is 45.6 Å². The molecule has 0 spiro atoms. The van der Waals surface area contributed by atoms with Crippen LogP contribution in [-0.2, 0) is 4.79 Å². The Morgan fingerprint density at radius 1 is 1.06 bits per heavy atom. The molecule has 8 heteroatoms. The second kappa shape index (κ2) is 9.95. The number of likely N-dealkylation sites (tertiary alicyclic amines) is 1. The summed E-state index contributed by atoms with van der Waals surface area (Å²) in [6.07, 6.45) is 4.35. The Morgan fingerprint density at radius 2 is 1.73 bits per heavy atom. The molecule has 0 bridgehead atoms.